The quantitative estimate of drug-likeness (QED) is 0.373. The van der Waals surface area contributed by atoms with E-state index < -0.39 is 18.5 Å². The fraction of sp³-hybridized carbons (Fsp3) is 0.296. The number of hydrogen-bond donors (Lipinski definition) is 0. The van der Waals surface area contributed by atoms with Crippen LogP contribution in [0, 0.1) is 32.5 Å². The average Bonchev–Trinajstić information content (AvgIpc) is 3.38. The number of carbonyl (C=O) groups excluding carboxylic acids is 3. The number of benzene rings is 2. The lowest BCUT2D eigenvalue weighted by molar-refractivity contribution is -0.147. The number of esters is 1. The summed E-state index contributed by atoms with van der Waals surface area (Å²) < 4.78 is 26.5. The molecule has 0 aliphatic carbocycles. The Labute approximate surface area is 203 Å². The molecule has 3 aromatic rings. The summed E-state index contributed by atoms with van der Waals surface area (Å²) in [6.45, 7) is 4.99. The summed E-state index contributed by atoms with van der Waals surface area (Å²) in [5, 5.41) is 0. The molecule has 2 aromatic carbocycles. The number of rotatable bonds is 7. The molecule has 0 saturated carbocycles. The Balaban J connectivity index is 1.43. The average molecular weight is 479 g/mol. The summed E-state index contributed by atoms with van der Waals surface area (Å²) in [7, 11) is 1.52. The highest BCUT2D eigenvalue weighted by Gasteiger charge is 2.37. The van der Waals surface area contributed by atoms with Crippen molar-refractivity contribution >= 4 is 23.3 Å². The van der Waals surface area contributed by atoms with Gasteiger partial charge < -0.3 is 18.9 Å². The van der Waals surface area contributed by atoms with Crippen molar-refractivity contribution in [1.82, 2.24) is 4.57 Å². The highest BCUT2D eigenvalue weighted by molar-refractivity contribution is 6.02. The molecule has 1 amide bonds. The molecule has 1 aliphatic heterocycles. The van der Waals surface area contributed by atoms with Crippen LogP contribution in [0.1, 0.15) is 33.7 Å². The summed E-state index contributed by atoms with van der Waals surface area (Å²) >= 11 is 0. The molecule has 1 aromatic heterocycles. The molecule has 7 nitrogen and oxygen atoms in total. The molecule has 2 heterocycles. The van der Waals surface area contributed by atoms with Gasteiger partial charge in [-0.15, -0.1) is 0 Å². The second kappa shape index (κ2) is 9.74. The van der Waals surface area contributed by atoms with Crippen LogP contribution in [-0.4, -0.2) is 42.5 Å². The number of methoxy groups -OCH3 is 1. The van der Waals surface area contributed by atoms with Gasteiger partial charge in [-0.3, -0.25) is 14.4 Å². The van der Waals surface area contributed by atoms with Crippen molar-refractivity contribution in [2.24, 2.45) is 5.92 Å². The van der Waals surface area contributed by atoms with Crippen LogP contribution < -0.4 is 9.64 Å². The minimum absolute atomic E-state index is 0.00142. The van der Waals surface area contributed by atoms with Gasteiger partial charge in [0, 0.05) is 35.6 Å². The largest absolute Gasteiger partial charge is 0.495 e. The number of ether oxygens (including phenoxy) is 2. The summed E-state index contributed by atoms with van der Waals surface area (Å²) in [4.78, 5) is 39.6. The van der Waals surface area contributed by atoms with Gasteiger partial charge in [-0.1, -0.05) is 18.2 Å². The van der Waals surface area contributed by atoms with E-state index in [-0.39, 0.29) is 30.5 Å². The monoisotopic (exact) mass is 478 g/mol. The number of hydrogen-bond acceptors (Lipinski definition) is 5. The molecular formula is C27H27FN2O5. The molecule has 1 aliphatic rings. The van der Waals surface area contributed by atoms with Gasteiger partial charge in [-0.25, -0.2) is 4.39 Å². The minimum Gasteiger partial charge on any atom is -0.495 e. The standard InChI is InChI=1S/C27H27FN2O5/c1-16-9-10-20(13-22(16)28)30-17(2)11-21(18(30)3)24(31)15-35-27(33)19-12-26(32)29(14-19)23-7-5-6-8-25(23)34-4/h5-11,13,19H,12,14-15H2,1-4H3/t19-/m1/s1. The lowest BCUT2D eigenvalue weighted by Gasteiger charge is -2.19. The molecule has 0 radical (unpaired) electrons. The molecule has 4 rings (SSSR count). The Morgan fingerprint density at radius 3 is 2.54 bits per heavy atom. The predicted molar refractivity (Wildman–Crippen MR) is 129 cm³/mol. The molecule has 8 heteroatoms. The van der Waals surface area contributed by atoms with Gasteiger partial charge in [0.05, 0.1) is 18.7 Å². The molecule has 0 bridgehead atoms. The lowest BCUT2D eigenvalue weighted by Crippen LogP contribution is -2.27. The third kappa shape index (κ3) is 4.69. The molecule has 1 saturated heterocycles. The highest BCUT2D eigenvalue weighted by Crippen LogP contribution is 2.33. The molecule has 182 valence electrons. The summed E-state index contributed by atoms with van der Waals surface area (Å²) in [5.41, 5.74) is 3.52. The van der Waals surface area contributed by atoms with Crippen molar-refractivity contribution in [3.05, 3.63) is 76.9 Å². The number of aryl methyl sites for hydroxylation is 2. The number of nitrogens with zero attached hydrogens (tertiary/aromatic N) is 2. The highest BCUT2D eigenvalue weighted by atomic mass is 19.1. The first-order chi connectivity index (χ1) is 16.7. The number of ketones is 1. The fourth-order valence-electron chi connectivity index (χ4n) is 4.45. The van der Waals surface area contributed by atoms with Gasteiger partial charge in [-0.2, -0.15) is 0 Å². The van der Waals surface area contributed by atoms with Gasteiger partial charge in [0.25, 0.3) is 0 Å². The molecule has 0 spiro atoms. The number of amides is 1. The normalized spacial score (nSPS) is 15.4. The number of aromatic nitrogens is 1. The molecule has 1 atom stereocenters. The van der Waals surface area contributed by atoms with Crippen LogP contribution >= 0.6 is 0 Å². The van der Waals surface area contributed by atoms with E-state index in [9.17, 15) is 18.8 Å². The topological polar surface area (TPSA) is 77.8 Å². The van der Waals surface area contributed by atoms with E-state index in [4.69, 9.17) is 9.47 Å². The van der Waals surface area contributed by atoms with Crippen molar-refractivity contribution in [1.29, 1.82) is 0 Å². The van der Waals surface area contributed by atoms with Gasteiger partial charge in [-0.05, 0) is 56.7 Å². The van der Waals surface area contributed by atoms with Crippen LogP contribution in [-0.2, 0) is 14.3 Å². The SMILES string of the molecule is COc1ccccc1N1C[C@H](C(=O)OCC(=O)c2cc(C)n(-c3ccc(C)c(F)c3)c2C)CC1=O. The third-order valence-electron chi connectivity index (χ3n) is 6.33. The van der Waals surface area contributed by atoms with E-state index in [2.05, 4.69) is 0 Å². The molecule has 35 heavy (non-hydrogen) atoms. The number of para-hydroxylation sites is 2. The van der Waals surface area contributed by atoms with Gasteiger partial charge in [0.15, 0.2) is 6.61 Å². The van der Waals surface area contributed by atoms with Crippen molar-refractivity contribution in [3.8, 4) is 11.4 Å². The van der Waals surface area contributed by atoms with Gasteiger partial charge >= 0.3 is 5.97 Å². The number of anilines is 1. The van der Waals surface area contributed by atoms with E-state index in [1.54, 1.807) is 60.9 Å². The Hall–Kier alpha value is -3.94. The number of halogens is 1. The Bertz CT molecular complexity index is 1310. The first-order valence-electron chi connectivity index (χ1n) is 11.3. The van der Waals surface area contributed by atoms with Crippen molar-refractivity contribution in [2.75, 3.05) is 25.2 Å². The molecule has 1 fully saturated rings. The first kappa shape index (κ1) is 24.2. The maximum Gasteiger partial charge on any atom is 0.311 e. The summed E-state index contributed by atoms with van der Waals surface area (Å²) in [6, 6.07) is 13.7. The summed E-state index contributed by atoms with van der Waals surface area (Å²) in [5.74, 6) is -1.64. The predicted octanol–water partition coefficient (Wildman–Crippen LogP) is 4.33. The van der Waals surface area contributed by atoms with Gasteiger partial charge in [0.2, 0.25) is 11.7 Å². The smallest absolute Gasteiger partial charge is 0.311 e. The zero-order valence-electron chi connectivity index (χ0n) is 20.1. The van der Waals surface area contributed by atoms with E-state index in [0.717, 1.165) is 5.69 Å². The van der Waals surface area contributed by atoms with Crippen molar-refractivity contribution in [3.63, 3.8) is 0 Å². The second-order valence-electron chi connectivity index (χ2n) is 8.66. The van der Waals surface area contributed by atoms with E-state index in [1.165, 1.54) is 18.1 Å². The van der Waals surface area contributed by atoms with Crippen LogP contribution in [0.5, 0.6) is 5.75 Å². The molecular weight excluding hydrogens is 451 g/mol. The fourth-order valence-corrected chi connectivity index (χ4v) is 4.45. The molecule has 0 unspecified atom stereocenters. The van der Waals surface area contributed by atoms with Crippen LogP contribution in [0.25, 0.3) is 5.69 Å². The zero-order valence-corrected chi connectivity index (χ0v) is 20.1. The minimum atomic E-state index is -0.678. The van der Waals surface area contributed by atoms with E-state index in [1.807, 2.05) is 6.92 Å². The second-order valence-corrected chi connectivity index (χ2v) is 8.66. The van der Waals surface area contributed by atoms with Crippen molar-refractivity contribution in [2.45, 2.75) is 27.2 Å². The van der Waals surface area contributed by atoms with Crippen LogP contribution in [0.2, 0.25) is 0 Å². The Kier molecular flexibility index (Phi) is 6.73. The number of carbonyl (C=O) groups is 3. The Morgan fingerprint density at radius 1 is 1.09 bits per heavy atom. The Morgan fingerprint density at radius 2 is 1.83 bits per heavy atom. The van der Waals surface area contributed by atoms with Gasteiger partial charge in [0.1, 0.15) is 11.6 Å². The zero-order chi connectivity index (χ0) is 25.3. The van der Waals surface area contributed by atoms with E-state index >= 15 is 0 Å². The van der Waals surface area contributed by atoms with E-state index in [0.29, 0.717) is 33.9 Å². The van der Waals surface area contributed by atoms with Crippen LogP contribution in [0.15, 0.2) is 48.5 Å². The third-order valence-corrected chi connectivity index (χ3v) is 6.33. The first-order valence-corrected chi connectivity index (χ1v) is 11.3. The van der Waals surface area contributed by atoms with Crippen LogP contribution in [0.3, 0.4) is 0 Å². The maximum absolute atomic E-state index is 14.1. The lowest BCUT2D eigenvalue weighted by atomic mass is 10.1. The number of Topliss-reactive ketones (excluding diaryl/α,β-unsaturated/α-hetero) is 1. The maximum atomic E-state index is 14.1. The molecule has 0 N–H and O–H groups in total. The summed E-state index contributed by atoms with van der Waals surface area (Å²) in [6.07, 6.45) is -0.00142. The van der Waals surface area contributed by atoms with Crippen LogP contribution in [0.4, 0.5) is 10.1 Å². The van der Waals surface area contributed by atoms with Crippen molar-refractivity contribution < 1.29 is 28.2 Å².